The van der Waals surface area contributed by atoms with Crippen LogP contribution in [0.2, 0.25) is 0 Å². The van der Waals surface area contributed by atoms with Crippen LogP contribution in [0.15, 0.2) is 0 Å². The lowest BCUT2D eigenvalue weighted by Crippen LogP contribution is -2.55. The molecule has 0 saturated carbocycles. The van der Waals surface area contributed by atoms with E-state index < -0.39 is 0 Å². The van der Waals surface area contributed by atoms with Gasteiger partial charge in [-0.2, -0.15) is 0 Å². The first kappa shape index (κ1) is 13.3. The van der Waals surface area contributed by atoms with Crippen molar-refractivity contribution in [2.24, 2.45) is 0 Å². The molecule has 0 spiro atoms. The fraction of sp³-hybridized carbons (Fsp3) is 0.909. The molecule has 1 heterocycles. The van der Waals surface area contributed by atoms with Crippen molar-refractivity contribution >= 4 is 6.03 Å². The van der Waals surface area contributed by atoms with E-state index in [2.05, 4.69) is 6.92 Å². The Morgan fingerprint density at radius 3 is 2.81 bits per heavy atom. The molecule has 0 aromatic rings. The predicted molar refractivity (Wildman–Crippen MR) is 60.8 cm³/mol. The molecule has 16 heavy (non-hydrogen) atoms. The highest BCUT2D eigenvalue weighted by molar-refractivity contribution is 5.74. The number of rotatable bonds is 6. The van der Waals surface area contributed by atoms with Crippen LogP contribution in [0.5, 0.6) is 0 Å². The lowest BCUT2D eigenvalue weighted by atomic mass is 10.1. The molecule has 0 unspecified atom stereocenters. The third-order valence-corrected chi connectivity index (χ3v) is 2.86. The smallest absolute Gasteiger partial charge is 0.344 e. The molecular weight excluding hydrogens is 208 g/mol. The Labute approximate surface area is 96.9 Å². The van der Waals surface area contributed by atoms with Gasteiger partial charge in [-0.25, -0.2) is 9.86 Å². The topological polar surface area (TPSA) is 53.0 Å². The number of aliphatic hydroxyl groups is 1. The summed E-state index contributed by atoms with van der Waals surface area (Å²) >= 11 is 0. The quantitative estimate of drug-likeness (QED) is 0.698. The van der Waals surface area contributed by atoms with Crippen molar-refractivity contribution < 1.29 is 14.7 Å². The molecule has 1 aliphatic heterocycles. The van der Waals surface area contributed by atoms with Gasteiger partial charge in [-0.05, 0) is 19.8 Å². The minimum absolute atomic E-state index is 0.0301. The second-order valence-corrected chi connectivity index (χ2v) is 3.98. The van der Waals surface area contributed by atoms with Crippen molar-refractivity contribution in [2.45, 2.75) is 39.2 Å². The third-order valence-electron chi connectivity index (χ3n) is 2.86. The number of carbonyl (C=O) groups excluding carboxylic acids is 1. The number of hydrogen-bond donors (Lipinski definition) is 1. The Hall–Kier alpha value is -0.810. The Balaban J connectivity index is 2.47. The molecule has 94 valence electrons. The van der Waals surface area contributed by atoms with Gasteiger partial charge in [0, 0.05) is 6.54 Å². The molecule has 1 N–H and O–H groups in total. The summed E-state index contributed by atoms with van der Waals surface area (Å²) in [6, 6.07) is -0.174. The van der Waals surface area contributed by atoms with Crippen molar-refractivity contribution in [3.63, 3.8) is 0 Å². The lowest BCUT2D eigenvalue weighted by Gasteiger charge is -2.39. The average Bonchev–Trinajstić information content (AvgIpc) is 2.31. The van der Waals surface area contributed by atoms with Crippen LogP contribution in [0.3, 0.4) is 0 Å². The van der Waals surface area contributed by atoms with Gasteiger partial charge in [-0.15, -0.1) is 0 Å². The summed E-state index contributed by atoms with van der Waals surface area (Å²) in [5, 5.41) is 10.6. The molecule has 0 radical (unpaired) electrons. The van der Waals surface area contributed by atoms with E-state index in [-0.39, 0.29) is 18.7 Å². The van der Waals surface area contributed by atoms with E-state index in [9.17, 15) is 4.79 Å². The van der Waals surface area contributed by atoms with Gasteiger partial charge in [-0.3, -0.25) is 4.84 Å². The Morgan fingerprint density at radius 1 is 1.50 bits per heavy atom. The van der Waals surface area contributed by atoms with E-state index in [4.69, 9.17) is 9.94 Å². The van der Waals surface area contributed by atoms with Crippen LogP contribution in [0, 0.1) is 0 Å². The van der Waals surface area contributed by atoms with E-state index in [0.717, 1.165) is 19.3 Å². The number of likely N-dealkylation sites (N-methyl/N-ethyl adjacent to an activating group) is 1. The minimum atomic E-state index is -0.121. The van der Waals surface area contributed by atoms with E-state index >= 15 is 0 Å². The molecule has 0 aromatic carbocycles. The average molecular weight is 230 g/mol. The summed E-state index contributed by atoms with van der Waals surface area (Å²) in [6.45, 7) is 5.80. The molecule has 5 nitrogen and oxygen atoms in total. The van der Waals surface area contributed by atoms with Crippen molar-refractivity contribution in [2.75, 3.05) is 26.3 Å². The largest absolute Gasteiger partial charge is 0.394 e. The first-order chi connectivity index (χ1) is 7.74. The summed E-state index contributed by atoms with van der Waals surface area (Å²) in [4.78, 5) is 19.0. The van der Waals surface area contributed by atoms with Crippen molar-refractivity contribution in [3.05, 3.63) is 0 Å². The van der Waals surface area contributed by atoms with Crippen LogP contribution < -0.4 is 0 Å². The zero-order valence-electron chi connectivity index (χ0n) is 10.2. The van der Waals surface area contributed by atoms with Crippen LogP contribution in [0.4, 0.5) is 4.79 Å². The highest BCUT2D eigenvalue weighted by Crippen LogP contribution is 2.16. The second kappa shape index (κ2) is 6.70. The first-order valence-electron chi connectivity index (χ1n) is 6.06. The van der Waals surface area contributed by atoms with E-state index in [1.807, 2.05) is 6.92 Å². The van der Waals surface area contributed by atoms with Gasteiger partial charge in [0.2, 0.25) is 0 Å². The molecule has 5 heteroatoms. The molecule has 0 bridgehead atoms. The standard InChI is InChI=1S/C11H22N2O3/c1-3-5-8-16-13-7-6-10(9-14)12(4-2)11(13)15/h10,14H,3-9H2,1-2H3/t10-/m0/s1. The van der Waals surface area contributed by atoms with E-state index in [0.29, 0.717) is 19.7 Å². The molecule has 2 amide bonds. The monoisotopic (exact) mass is 230 g/mol. The zero-order chi connectivity index (χ0) is 12.0. The summed E-state index contributed by atoms with van der Waals surface area (Å²) in [6.07, 6.45) is 2.78. The van der Waals surface area contributed by atoms with Gasteiger partial charge in [0.1, 0.15) is 0 Å². The van der Waals surface area contributed by atoms with Crippen LogP contribution in [-0.2, 0) is 4.84 Å². The van der Waals surface area contributed by atoms with Crippen LogP contribution in [0.25, 0.3) is 0 Å². The molecular formula is C11H22N2O3. The van der Waals surface area contributed by atoms with Gasteiger partial charge < -0.3 is 10.0 Å². The van der Waals surface area contributed by atoms with Gasteiger partial charge >= 0.3 is 6.03 Å². The molecule has 1 rings (SSSR count). The number of urea groups is 1. The maximum absolute atomic E-state index is 11.9. The molecule has 1 fully saturated rings. The van der Waals surface area contributed by atoms with Gasteiger partial charge in [0.25, 0.3) is 0 Å². The number of carbonyl (C=O) groups is 1. The first-order valence-corrected chi connectivity index (χ1v) is 6.06. The van der Waals surface area contributed by atoms with Gasteiger partial charge in [0.05, 0.1) is 25.8 Å². The number of amides is 2. The predicted octanol–water partition coefficient (Wildman–Crippen LogP) is 1.23. The maximum Gasteiger partial charge on any atom is 0.344 e. The Bertz CT molecular complexity index is 221. The van der Waals surface area contributed by atoms with Gasteiger partial charge in [-0.1, -0.05) is 13.3 Å². The van der Waals surface area contributed by atoms with Crippen LogP contribution in [0.1, 0.15) is 33.1 Å². The normalized spacial score (nSPS) is 21.7. The third kappa shape index (κ3) is 3.09. The molecule has 0 aliphatic carbocycles. The summed E-state index contributed by atoms with van der Waals surface area (Å²) in [7, 11) is 0. The Kier molecular flexibility index (Phi) is 5.55. The highest BCUT2D eigenvalue weighted by Gasteiger charge is 2.32. The van der Waals surface area contributed by atoms with Crippen LogP contribution in [-0.4, -0.2) is 53.4 Å². The minimum Gasteiger partial charge on any atom is -0.394 e. The van der Waals surface area contributed by atoms with Gasteiger partial charge in [0.15, 0.2) is 0 Å². The molecule has 1 aliphatic rings. The fourth-order valence-corrected chi connectivity index (χ4v) is 1.84. The molecule has 0 aromatic heterocycles. The number of aliphatic hydroxyl groups excluding tert-OH is 1. The van der Waals surface area contributed by atoms with Crippen molar-refractivity contribution in [3.8, 4) is 0 Å². The molecule has 1 atom stereocenters. The van der Waals surface area contributed by atoms with Crippen molar-refractivity contribution in [1.29, 1.82) is 0 Å². The van der Waals surface area contributed by atoms with E-state index in [1.54, 1.807) is 4.90 Å². The molecule has 1 saturated heterocycles. The maximum atomic E-state index is 11.9. The lowest BCUT2D eigenvalue weighted by molar-refractivity contribution is -0.144. The van der Waals surface area contributed by atoms with Crippen LogP contribution >= 0.6 is 0 Å². The summed E-state index contributed by atoms with van der Waals surface area (Å²) in [5.74, 6) is 0. The Morgan fingerprint density at radius 2 is 2.25 bits per heavy atom. The number of hydrogen-bond acceptors (Lipinski definition) is 3. The summed E-state index contributed by atoms with van der Waals surface area (Å²) in [5.41, 5.74) is 0. The van der Waals surface area contributed by atoms with E-state index in [1.165, 1.54) is 5.06 Å². The fourth-order valence-electron chi connectivity index (χ4n) is 1.84. The number of hydroxylamine groups is 2. The van der Waals surface area contributed by atoms with Crippen molar-refractivity contribution in [1.82, 2.24) is 9.96 Å². The SMILES string of the molecule is CCCCON1CC[C@@H](CO)N(CC)C1=O. The summed E-state index contributed by atoms with van der Waals surface area (Å²) < 4.78 is 0. The highest BCUT2D eigenvalue weighted by atomic mass is 16.7. The number of nitrogens with zero attached hydrogens (tertiary/aromatic N) is 2. The number of unbranched alkanes of at least 4 members (excludes halogenated alkanes) is 1. The zero-order valence-corrected chi connectivity index (χ0v) is 10.2. The second-order valence-electron chi connectivity index (χ2n) is 3.98.